The first kappa shape index (κ1) is 15.8. The van der Waals surface area contributed by atoms with Crippen molar-refractivity contribution in [2.24, 2.45) is 0 Å². The second-order valence-corrected chi connectivity index (χ2v) is 5.94. The van der Waals surface area contributed by atoms with Gasteiger partial charge in [0.2, 0.25) is 5.91 Å². The van der Waals surface area contributed by atoms with E-state index in [0.29, 0.717) is 11.7 Å². The van der Waals surface area contributed by atoms with Crippen molar-refractivity contribution in [3.05, 3.63) is 11.4 Å². The van der Waals surface area contributed by atoms with E-state index in [1.54, 1.807) is 4.68 Å². The van der Waals surface area contributed by atoms with Gasteiger partial charge in [-0.05, 0) is 39.8 Å². The fraction of sp³-hybridized carbons (Fsp3) is 0.733. The minimum absolute atomic E-state index is 0.0866. The number of amides is 1. The third-order valence-electron chi connectivity index (χ3n) is 4.54. The van der Waals surface area contributed by atoms with E-state index in [2.05, 4.69) is 16.9 Å². The standard InChI is InChI=1S/C15H27N5O/c1-5-19-8-6-7-13(19)9-18(4)14(21)10-20-12(3)15(16)11(2)17-20/h13H,5-10,16H2,1-4H3. The van der Waals surface area contributed by atoms with E-state index in [-0.39, 0.29) is 12.5 Å². The third kappa shape index (κ3) is 3.37. The van der Waals surface area contributed by atoms with E-state index in [1.807, 2.05) is 25.8 Å². The Morgan fingerprint density at radius 1 is 1.48 bits per heavy atom. The quantitative estimate of drug-likeness (QED) is 0.880. The number of nitrogen functional groups attached to an aromatic ring is 1. The normalized spacial score (nSPS) is 19.1. The number of hydrogen-bond acceptors (Lipinski definition) is 4. The van der Waals surface area contributed by atoms with Crippen LogP contribution >= 0.6 is 0 Å². The van der Waals surface area contributed by atoms with Crippen LogP contribution in [0.15, 0.2) is 0 Å². The van der Waals surface area contributed by atoms with E-state index < -0.39 is 0 Å². The molecule has 1 aromatic rings. The summed E-state index contributed by atoms with van der Waals surface area (Å²) < 4.78 is 1.70. The van der Waals surface area contributed by atoms with Crippen molar-refractivity contribution in [2.45, 2.75) is 46.2 Å². The maximum absolute atomic E-state index is 12.4. The number of hydrogen-bond donors (Lipinski definition) is 1. The number of rotatable bonds is 5. The van der Waals surface area contributed by atoms with Gasteiger partial charge in [0.15, 0.2) is 0 Å². The molecule has 1 saturated heterocycles. The third-order valence-corrected chi connectivity index (χ3v) is 4.54. The Bertz CT molecular complexity index is 510. The number of anilines is 1. The lowest BCUT2D eigenvalue weighted by Crippen LogP contribution is -2.42. The summed E-state index contributed by atoms with van der Waals surface area (Å²) in [5.41, 5.74) is 8.24. The van der Waals surface area contributed by atoms with Gasteiger partial charge >= 0.3 is 0 Å². The summed E-state index contributed by atoms with van der Waals surface area (Å²) in [5, 5.41) is 4.33. The molecule has 21 heavy (non-hydrogen) atoms. The number of aryl methyl sites for hydroxylation is 1. The Hall–Kier alpha value is -1.56. The average molecular weight is 293 g/mol. The summed E-state index contributed by atoms with van der Waals surface area (Å²) in [6.45, 7) is 9.21. The first-order valence-corrected chi connectivity index (χ1v) is 7.71. The van der Waals surface area contributed by atoms with Crippen molar-refractivity contribution in [3.8, 4) is 0 Å². The van der Waals surface area contributed by atoms with Gasteiger partial charge in [-0.3, -0.25) is 14.4 Å². The summed E-state index contributed by atoms with van der Waals surface area (Å²) in [7, 11) is 1.88. The first-order valence-electron chi connectivity index (χ1n) is 7.71. The fourth-order valence-electron chi connectivity index (χ4n) is 3.05. The van der Waals surface area contributed by atoms with E-state index in [1.165, 1.54) is 12.8 Å². The molecule has 0 radical (unpaired) electrons. The molecule has 2 rings (SSSR count). The molecule has 1 atom stereocenters. The topological polar surface area (TPSA) is 67.4 Å². The zero-order chi connectivity index (χ0) is 15.6. The molecule has 1 fully saturated rings. The zero-order valence-corrected chi connectivity index (χ0v) is 13.6. The SMILES string of the molecule is CCN1CCCC1CN(C)C(=O)Cn1nc(C)c(N)c1C. The molecule has 2 N–H and O–H groups in total. The summed E-state index contributed by atoms with van der Waals surface area (Å²) >= 11 is 0. The molecule has 6 heteroatoms. The van der Waals surface area contributed by atoms with Gasteiger partial charge in [-0.15, -0.1) is 0 Å². The zero-order valence-electron chi connectivity index (χ0n) is 13.6. The highest BCUT2D eigenvalue weighted by molar-refractivity contribution is 5.76. The molecule has 118 valence electrons. The van der Waals surface area contributed by atoms with Crippen molar-refractivity contribution in [1.29, 1.82) is 0 Å². The largest absolute Gasteiger partial charge is 0.396 e. The predicted octanol–water partition coefficient (Wildman–Crippen LogP) is 1.02. The smallest absolute Gasteiger partial charge is 0.244 e. The fourth-order valence-corrected chi connectivity index (χ4v) is 3.05. The van der Waals surface area contributed by atoms with Crippen LogP contribution in [0.3, 0.4) is 0 Å². The second kappa shape index (κ2) is 6.47. The van der Waals surface area contributed by atoms with Crippen LogP contribution in [-0.2, 0) is 11.3 Å². The van der Waals surface area contributed by atoms with E-state index in [9.17, 15) is 4.79 Å². The monoisotopic (exact) mass is 293 g/mol. The van der Waals surface area contributed by atoms with E-state index >= 15 is 0 Å². The van der Waals surface area contributed by atoms with Crippen LogP contribution in [0.1, 0.15) is 31.2 Å². The van der Waals surface area contributed by atoms with Gasteiger partial charge in [0.05, 0.1) is 17.1 Å². The summed E-state index contributed by atoms with van der Waals surface area (Å²) in [4.78, 5) is 16.6. The molecular formula is C15H27N5O. The van der Waals surface area contributed by atoms with Gasteiger partial charge < -0.3 is 10.6 Å². The number of likely N-dealkylation sites (N-methyl/N-ethyl adjacent to an activating group) is 2. The number of likely N-dealkylation sites (tertiary alicyclic amines) is 1. The Labute approximate surface area is 126 Å². The molecule has 0 spiro atoms. The van der Waals surface area contributed by atoms with Crippen molar-refractivity contribution < 1.29 is 4.79 Å². The molecular weight excluding hydrogens is 266 g/mol. The molecule has 1 unspecified atom stereocenters. The molecule has 6 nitrogen and oxygen atoms in total. The van der Waals surface area contributed by atoms with Crippen LogP contribution in [0.5, 0.6) is 0 Å². The van der Waals surface area contributed by atoms with Gasteiger partial charge in [-0.25, -0.2) is 0 Å². The Morgan fingerprint density at radius 2 is 2.19 bits per heavy atom. The van der Waals surface area contributed by atoms with Crippen LogP contribution in [0.2, 0.25) is 0 Å². The predicted molar refractivity (Wildman–Crippen MR) is 84.0 cm³/mol. The Morgan fingerprint density at radius 3 is 2.76 bits per heavy atom. The van der Waals surface area contributed by atoms with Gasteiger partial charge in [0, 0.05) is 19.6 Å². The lowest BCUT2D eigenvalue weighted by Gasteiger charge is -2.27. The number of carbonyl (C=O) groups excluding carboxylic acids is 1. The van der Waals surface area contributed by atoms with E-state index in [0.717, 1.165) is 31.0 Å². The van der Waals surface area contributed by atoms with Crippen molar-refractivity contribution >= 4 is 11.6 Å². The van der Waals surface area contributed by atoms with Crippen LogP contribution < -0.4 is 5.73 Å². The first-order chi connectivity index (χ1) is 9.93. The minimum atomic E-state index is 0.0866. The molecule has 1 aliphatic rings. The Balaban J connectivity index is 1.95. The number of nitrogens with zero attached hydrogens (tertiary/aromatic N) is 4. The number of nitrogens with two attached hydrogens (primary N) is 1. The molecule has 0 aromatic carbocycles. The maximum Gasteiger partial charge on any atom is 0.244 e. The highest BCUT2D eigenvalue weighted by atomic mass is 16.2. The highest BCUT2D eigenvalue weighted by Gasteiger charge is 2.25. The van der Waals surface area contributed by atoms with Crippen LogP contribution in [0.4, 0.5) is 5.69 Å². The summed E-state index contributed by atoms with van der Waals surface area (Å²) in [6, 6.07) is 0.495. The van der Waals surface area contributed by atoms with Gasteiger partial charge in [0.1, 0.15) is 6.54 Å². The second-order valence-electron chi connectivity index (χ2n) is 5.94. The lowest BCUT2D eigenvalue weighted by molar-refractivity contribution is -0.131. The molecule has 1 aromatic heterocycles. The van der Waals surface area contributed by atoms with Crippen molar-refractivity contribution in [1.82, 2.24) is 19.6 Å². The van der Waals surface area contributed by atoms with E-state index in [4.69, 9.17) is 5.73 Å². The molecule has 0 aliphatic carbocycles. The summed E-state index contributed by atoms with van der Waals surface area (Å²) in [5.74, 6) is 0.0866. The maximum atomic E-state index is 12.4. The van der Waals surface area contributed by atoms with Crippen LogP contribution in [-0.4, -0.2) is 58.2 Å². The molecule has 2 heterocycles. The molecule has 0 bridgehead atoms. The highest BCUT2D eigenvalue weighted by Crippen LogP contribution is 2.18. The number of carbonyl (C=O) groups is 1. The molecule has 0 saturated carbocycles. The lowest BCUT2D eigenvalue weighted by atomic mass is 10.2. The number of aromatic nitrogens is 2. The molecule has 1 amide bonds. The van der Waals surface area contributed by atoms with Crippen molar-refractivity contribution in [3.63, 3.8) is 0 Å². The average Bonchev–Trinajstić information content (AvgIpc) is 2.99. The van der Waals surface area contributed by atoms with Crippen molar-refractivity contribution in [2.75, 3.05) is 32.4 Å². The summed E-state index contributed by atoms with van der Waals surface area (Å²) in [6.07, 6.45) is 2.41. The van der Waals surface area contributed by atoms with Gasteiger partial charge in [-0.2, -0.15) is 5.10 Å². The van der Waals surface area contributed by atoms with Crippen LogP contribution in [0.25, 0.3) is 0 Å². The van der Waals surface area contributed by atoms with Crippen LogP contribution in [0, 0.1) is 13.8 Å². The van der Waals surface area contributed by atoms with Gasteiger partial charge in [0.25, 0.3) is 0 Å². The Kier molecular flexibility index (Phi) is 4.88. The van der Waals surface area contributed by atoms with Gasteiger partial charge in [-0.1, -0.05) is 6.92 Å². The minimum Gasteiger partial charge on any atom is -0.396 e. The molecule has 1 aliphatic heterocycles.